The number of halogens is 1. The third kappa shape index (κ3) is 6.56. The first-order chi connectivity index (χ1) is 20.4. The summed E-state index contributed by atoms with van der Waals surface area (Å²) in [5, 5.41) is 11.0. The Morgan fingerprint density at radius 3 is 2.50 bits per heavy atom. The van der Waals surface area contributed by atoms with Crippen molar-refractivity contribution in [2.24, 2.45) is 10.2 Å². The van der Waals surface area contributed by atoms with Crippen molar-refractivity contribution in [3.05, 3.63) is 107 Å². The normalized spacial score (nSPS) is 10.6. The summed E-state index contributed by atoms with van der Waals surface area (Å²) in [6.45, 7) is 0.220. The topological polar surface area (TPSA) is 153 Å². The minimum Gasteiger partial charge on any atom is -0.497 e. The van der Waals surface area contributed by atoms with E-state index >= 15 is 0 Å². The predicted octanol–water partition coefficient (Wildman–Crippen LogP) is 5.41. The van der Waals surface area contributed by atoms with Gasteiger partial charge < -0.3 is 10.1 Å². The molecule has 2 aromatic heterocycles. The van der Waals surface area contributed by atoms with E-state index < -0.39 is 16.8 Å². The molecule has 0 saturated heterocycles. The molecule has 42 heavy (non-hydrogen) atoms. The van der Waals surface area contributed by atoms with Crippen LogP contribution < -0.4 is 19.3 Å². The average molecular weight is 602 g/mol. The molecule has 0 aliphatic heterocycles. The molecule has 0 saturated carbocycles. The summed E-state index contributed by atoms with van der Waals surface area (Å²) < 4.78 is 31.7. The standard InChI is InChI=1S/C28H21ClN8O4S/c1-41-21-9-10-22(29)25(16-21)33-26-27(34-24-8-3-2-7-23(24)32-26)37(42(39)40)20-6-4-5-19(15-20)28(38)35-36-31-17-18-11-13-30-14-12-18/h2-16,42H,17H2,1H3/p+1. The molecule has 0 spiro atoms. The molecule has 1 N–H and O–H groups in total. The number of nitrogens with zero attached hydrogens (tertiary/aromatic N) is 7. The van der Waals surface area contributed by atoms with Crippen LogP contribution in [0.2, 0.25) is 5.02 Å². The number of anilines is 4. The largest absolute Gasteiger partial charge is 0.497 e. The maximum absolute atomic E-state index is 12.8. The molecular weight excluding hydrogens is 580 g/mol. The van der Waals surface area contributed by atoms with Gasteiger partial charge in [0.15, 0.2) is 11.6 Å². The van der Waals surface area contributed by atoms with Gasteiger partial charge in [-0.05, 0) is 60.2 Å². The fourth-order valence-corrected chi connectivity index (χ4v) is 4.64. The van der Waals surface area contributed by atoms with Gasteiger partial charge in [-0.2, -0.15) is 0 Å². The van der Waals surface area contributed by atoms with Gasteiger partial charge in [-0.3, -0.25) is 9.78 Å². The molecule has 0 aliphatic carbocycles. The number of methoxy groups -OCH3 is 1. The highest BCUT2D eigenvalue weighted by atomic mass is 35.5. The minimum atomic E-state index is -3.31. The first-order valence-electron chi connectivity index (χ1n) is 12.4. The molecule has 210 valence electrons. The first kappa shape index (κ1) is 28.3. The van der Waals surface area contributed by atoms with E-state index in [0.29, 0.717) is 27.5 Å². The molecule has 0 radical (unpaired) electrons. The quantitative estimate of drug-likeness (QED) is 0.129. The van der Waals surface area contributed by atoms with E-state index in [1.807, 2.05) is 0 Å². The molecule has 5 aromatic rings. The van der Waals surface area contributed by atoms with Gasteiger partial charge in [-0.25, -0.2) is 22.7 Å². The number of carbonyl (C=O) groups excluding carboxylic acids is 1. The van der Waals surface area contributed by atoms with Crippen LogP contribution in [0.1, 0.15) is 15.9 Å². The number of para-hydroxylation sites is 2. The smallest absolute Gasteiger partial charge is 0.360 e. The van der Waals surface area contributed by atoms with Gasteiger partial charge in [0.05, 0.1) is 40.1 Å². The van der Waals surface area contributed by atoms with Crippen LogP contribution in [-0.2, 0) is 17.4 Å². The Hall–Kier alpha value is -5.23. The summed E-state index contributed by atoms with van der Waals surface area (Å²) in [5.74, 6) is -0.115. The third-order valence-corrected chi connectivity index (χ3v) is 6.96. The number of hydrogen-bond acceptors (Lipinski definition) is 9. The van der Waals surface area contributed by atoms with Gasteiger partial charge in [0.1, 0.15) is 17.4 Å². The molecule has 0 fully saturated rings. The molecule has 0 bridgehead atoms. The second-order valence-corrected chi connectivity index (χ2v) is 9.89. The van der Waals surface area contributed by atoms with Crippen LogP contribution in [0.25, 0.3) is 11.0 Å². The van der Waals surface area contributed by atoms with Crippen molar-refractivity contribution >= 4 is 62.4 Å². The van der Waals surface area contributed by atoms with E-state index in [9.17, 15) is 13.2 Å². The monoisotopic (exact) mass is 601 g/mol. The van der Waals surface area contributed by atoms with Crippen LogP contribution in [0, 0.1) is 0 Å². The van der Waals surface area contributed by atoms with Crippen LogP contribution >= 0.6 is 11.6 Å². The highest BCUT2D eigenvalue weighted by Crippen LogP contribution is 2.36. The number of benzene rings is 3. The van der Waals surface area contributed by atoms with Crippen LogP contribution in [0.3, 0.4) is 0 Å². The minimum absolute atomic E-state index is 0.0396. The fraction of sp³-hybridized carbons (Fsp3) is 0.0714. The van der Waals surface area contributed by atoms with E-state index in [1.54, 1.807) is 67.0 Å². The molecular formula is C28H22ClN8O4S+. The predicted molar refractivity (Wildman–Crippen MR) is 159 cm³/mol. The number of ether oxygens (including phenoxy) is 1. The fourth-order valence-electron chi connectivity index (χ4n) is 3.87. The van der Waals surface area contributed by atoms with Crippen molar-refractivity contribution in [1.82, 2.24) is 19.9 Å². The summed E-state index contributed by atoms with van der Waals surface area (Å²) in [4.78, 5) is 29.5. The van der Waals surface area contributed by atoms with Crippen LogP contribution in [0.4, 0.5) is 23.0 Å². The second-order valence-electron chi connectivity index (χ2n) is 8.60. The van der Waals surface area contributed by atoms with E-state index in [4.69, 9.17) is 16.3 Å². The average Bonchev–Trinajstić information content (AvgIpc) is 3.01. The summed E-state index contributed by atoms with van der Waals surface area (Å²) in [7, 11) is -1.79. The molecule has 0 aliphatic rings. The van der Waals surface area contributed by atoms with Gasteiger partial charge >= 0.3 is 5.91 Å². The summed E-state index contributed by atoms with van der Waals surface area (Å²) in [6.07, 6.45) is 3.24. The molecule has 0 atom stereocenters. The Balaban J connectivity index is 1.53. The Bertz CT molecular complexity index is 1910. The maximum atomic E-state index is 12.8. The molecule has 1 amide bonds. The van der Waals surface area contributed by atoms with Crippen molar-refractivity contribution in [2.45, 2.75) is 6.54 Å². The van der Waals surface area contributed by atoms with E-state index in [1.165, 1.54) is 31.4 Å². The number of amides is 1. The number of carbonyl (C=O) groups is 1. The molecule has 12 nitrogen and oxygen atoms in total. The number of aromatic nitrogens is 3. The van der Waals surface area contributed by atoms with Crippen molar-refractivity contribution in [2.75, 3.05) is 16.7 Å². The number of hydrogen-bond donors (Lipinski definition) is 2. The first-order valence-corrected chi connectivity index (χ1v) is 13.9. The third-order valence-electron chi connectivity index (χ3n) is 5.88. The highest BCUT2D eigenvalue weighted by molar-refractivity contribution is 7.74. The van der Waals surface area contributed by atoms with Gasteiger partial charge in [0.25, 0.3) is 0 Å². The summed E-state index contributed by atoms with van der Waals surface area (Å²) >= 11 is 6.41. The molecule has 0 unspecified atom stereocenters. The van der Waals surface area contributed by atoms with Crippen LogP contribution in [0.5, 0.6) is 5.75 Å². The molecule has 5 rings (SSSR count). The lowest BCUT2D eigenvalue weighted by atomic mass is 10.2. The second kappa shape index (κ2) is 13.0. The molecule has 3 aromatic carbocycles. The number of nitrogens with one attached hydrogen (secondary N) is 1. The lowest BCUT2D eigenvalue weighted by Gasteiger charge is -2.21. The van der Waals surface area contributed by atoms with E-state index in [0.717, 1.165) is 9.87 Å². The zero-order chi connectivity index (χ0) is 29.5. The number of fused-ring (bicyclic) bond motifs is 1. The van der Waals surface area contributed by atoms with Gasteiger partial charge in [-0.1, -0.05) is 29.8 Å². The molecule has 2 heterocycles. The lowest BCUT2D eigenvalue weighted by molar-refractivity contribution is 0.0992. The van der Waals surface area contributed by atoms with E-state index in [2.05, 4.69) is 35.4 Å². The highest BCUT2D eigenvalue weighted by Gasteiger charge is 2.23. The zero-order valence-corrected chi connectivity index (χ0v) is 23.6. The maximum Gasteiger partial charge on any atom is 0.360 e. The van der Waals surface area contributed by atoms with E-state index in [-0.39, 0.29) is 29.4 Å². The van der Waals surface area contributed by atoms with Crippen LogP contribution in [0.15, 0.2) is 101 Å². The summed E-state index contributed by atoms with van der Waals surface area (Å²) in [6, 6.07) is 21.4. The van der Waals surface area contributed by atoms with Crippen molar-refractivity contribution in [3.63, 3.8) is 0 Å². The number of thiol groups is 1. The van der Waals surface area contributed by atoms with Crippen LogP contribution in [-0.4, -0.2) is 36.4 Å². The molecule has 14 heteroatoms. The SMILES string of the molecule is COc1ccc(Cl)c(Nc2nc3ccccc3nc2N(c2cccc(C(=O)N=[N+]=NCc3ccncc3)c2)[SH](=O)=O)c1. The number of pyridine rings is 1. The lowest BCUT2D eigenvalue weighted by Crippen LogP contribution is -2.19. The van der Waals surface area contributed by atoms with Gasteiger partial charge in [-0.15, -0.1) is 0 Å². The Labute approximate surface area is 246 Å². The number of rotatable bonds is 9. The summed E-state index contributed by atoms with van der Waals surface area (Å²) in [5.41, 5.74) is 2.46. The van der Waals surface area contributed by atoms with Crippen molar-refractivity contribution in [1.29, 1.82) is 0 Å². The van der Waals surface area contributed by atoms with Gasteiger partial charge in [0.2, 0.25) is 20.9 Å². The Morgan fingerprint density at radius 2 is 1.76 bits per heavy atom. The Kier molecular flexibility index (Phi) is 8.73. The zero-order valence-electron chi connectivity index (χ0n) is 22.0. The van der Waals surface area contributed by atoms with Crippen molar-refractivity contribution in [3.8, 4) is 5.75 Å². The van der Waals surface area contributed by atoms with Gasteiger partial charge in [0, 0.05) is 18.5 Å². The van der Waals surface area contributed by atoms with Crippen molar-refractivity contribution < 1.29 is 17.9 Å². The Morgan fingerprint density at radius 1 is 1.00 bits per heavy atom.